The number of nitrogens with zero attached hydrogens (tertiary/aromatic N) is 1. The fourth-order valence-electron chi connectivity index (χ4n) is 3.78. The molecule has 0 saturated carbocycles. The smallest absolute Gasteiger partial charge is 0.229 e. The Morgan fingerprint density at radius 2 is 2.04 bits per heavy atom. The standard InChI is InChI=1S/C22H22FN3O2/c23-17-6-3-7-18(12-17)25-22(28)15-5-4-10-26(14-15)21(27)11-16-13-24-20-9-2-1-8-19(16)20/h1-3,6-9,12-13,15,24H,4-5,10-11,14H2,(H,25,28)/t15-/m1/s1. The van der Waals surface area contributed by atoms with E-state index in [2.05, 4.69) is 10.3 Å². The van der Waals surface area contributed by atoms with Gasteiger partial charge in [-0.15, -0.1) is 0 Å². The Bertz CT molecular complexity index is 1010. The number of likely N-dealkylation sites (tertiary alicyclic amines) is 1. The summed E-state index contributed by atoms with van der Waals surface area (Å²) in [7, 11) is 0. The van der Waals surface area contributed by atoms with E-state index in [0.29, 0.717) is 25.2 Å². The molecule has 6 heteroatoms. The number of para-hydroxylation sites is 1. The molecule has 28 heavy (non-hydrogen) atoms. The van der Waals surface area contributed by atoms with Crippen molar-refractivity contribution in [1.82, 2.24) is 9.88 Å². The van der Waals surface area contributed by atoms with Crippen molar-refractivity contribution in [3.05, 3.63) is 66.1 Å². The van der Waals surface area contributed by atoms with Gasteiger partial charge in [-0.25, -0.2) is 4.39 Å². The van der Waals surface area contributed by atoms with Crippen molar-refractivity contribution in [2.45, 2.75) is 19.3 Å². The Balaban J connectivity index is 1.40. The molecule has 0 unspecified atom stereocenters. The Hall–Kier alpha value is -3.15. The number of piperidine rings is 1. The zero-order valence-corrected chi connectivity index (χ0v) is 15.5. The molecule has 0 radical (unpaired) electrons. The molecule has 2 N–H and O–H groups in total. The van der Waals surface area contributed by atoms with E-state index in [0.717, 1.165) is 29.3 Å². The highest BCUT2D eigenvalue weighted by atomic mass is 19.1. The minimum atomic E-state index is -0.392. The molecule has 1 aliphatic rings. The average molecular weight is 379 g/mol. The fourth-order valence-corrected chi connectivity index (χ4v) is 3.78. The van der Waals surface area contributed by atoms with Gasteiger partial charge in [-0.05, 0) is 42.7 Å². The van der Waals surface area contributed by atoms with Gasteiger partial charge < -0.3 is 15.2 Å². The molecule has 2 amide bonds. The van der Waals surface area contributed by atoms with Gasteiger partial charge in [0, 0.05) is 35.9 Å². The number of hydrogen-bond donors (Lipinski definition) is 2. The van der Waals surface area contributed by atoms with E-state index in [9.17, 15) is 14.0 Å². The van der Waals surface area contributed by atoms with Crippen molar-refractivity contribution in [3.63, 3.8) is 0 Å². The molecule has 5 nitrogen and oxygen atoms in total. The van der Waals surface area contributed by atoms with Gasteiger partial charge in [0.25, 0.3) is 0 Å². The Labute approximate surface area is 162 Å². The second-order valence-corrected chi connectivity index (χ2v) is 7.21. The maximum absolute atomic E-state index is 13.3. The van der Waals surface area contributed by atoms with Gasteiger partial charge in [0.15, 0.2) is 0 Å². The largest absolute Gasteiger partial charge is 0.361 e. The third-order valence-electron chi connectivity index (χ3n) is 5.25. The van der Waals surface area contributed by atoms with E-state index in [-0.39, 0.29) is 17.7 Å². The number of rotatable bonds is 4. The normalized spacial score (nSPS) is 16.9. The van der Waals surface area contributed by atoms with Crippen LogP contribution < -0.4 is 5.32 Å². The second-order valence-electron chi connectivity index (χ2n) is 7.21. The number of halogens is 1. The van der Waals surface area contributed by atoms with Crippen LogP contribution >= 0.6 is 0 Å². The maximum Gasteiger partial charge on any atom is 0.229 e. The molecule has 2 heterocycles. The number of anilines is 1. The molecule has 4 rings (SSSR count). The van der Waals surface area contributed by atoms with Gasteiger partial charge in [-0.3, -0.25) is 9.59 Å². The fraction of sp³-hybridized carbons (Fsp3) is 0.273. The van der Waals surface area contributed by atoms with Gasteiger partial charge in [-0.2, -0.15) is 0 Å². The first-order chi connectivity index (χ1) is 13.6. The average Bonchev–Trinajstić information content (AvgIpc) is 3.11. The number of aromatic amines is 1. The summed E-state index contributed by atoms with van der Waals surface area (Å²) >= 11 is 0. The van der Waals surface area contributed by atoms with E-state index >= 15 is 0 Å². The van der Waals surface area contributed by atoms with Crippen LogP contribution in [0.1, 0.15) is 18.4 Å². The predicted octanol–water partition coefficient (Wildman–Crippen LogP) is 3.73. The molecule has 0 bridgehead atoms. The third kappa shape index (κ3) is 3.91. The van der Waals surface area contributed by atoms with Gasteiger partial charge in [-0.1, -0.05) is 24.3 Å². The minimum absolute atomic E-state index is 0.0213. The van der Waals surface area contributed by atoms with E-state index in [1.807, 2.05) is 30.5 Å². The topological polar surface area (TPSA) is 65.2 Å². The number of benzene rings is 2. The van der Waals surface area contributed by atoms with Crippen LogP contribution in [0.2, 0.25) is 0 Å². The first-order valence-corrected chi connectivity index (χ1v) is 9.49. The van der Waals surface area contributed by atoms with E-state index in [1.165, 1.54) is 12.1 Å². The number of carbonyl (C=O) groups excluding carboxylic acids is 2. The first kappa shape index (κ1) is 18.2. The summed E-state index contributed by atoms with van der Waals surface area (Å²) in [5.41, 5.74) is 2.41. The lowest BCUT2D eigenvalue weighted by atomic mass is 9.96. The summed E-state index contributed by atoms with van der Waals surface area (Å²) in [5.74, 6) is -0.830. The lowest BCUT2D eigenvalue weighted by Gasteiger charge is -2.32. The highest BCUT2D eigenvalue weighted by Crippen LogP contribution is 2.22. The summed E-state index contributed by atoms with van der Waals surface area (Å²) in [4.78, 5) is 30.3. The van der Waals surface area contributed by atoms with Gasteiger partial charge >= 0.3 is 0 Å². The van der Waals surface area contributed by atoms with Crippen molar-refractivity contribution in [1.29, 1.82) is 0 Å². The molecule has 1 atom stereocenters. The molecular formula is C22H22FN3O2. The number of fused-ring (bicyclic) bond motifs is 1. The highest BCUT2D eigenvalue weighted by Gasteiger charge is 2.28. The molecule has 0 aliphatic carbocycles. The van der Waals surface area contributed by atoms with Crippen LogP contribution in [-0.4, -0.2) is 34.8 Å². The molecule has 144 valence electrons. The molecule has 3 aromatic rings. The van der Waals surface area contributed by atoms with Crippen LogP contribution in [0, 0.1) is 11.7 Å². The van der Waals surface area contributed by atoms with Crippen molar-refractivity contribution in [2.75, 3.05) is 18.4 Å². The van der Waals surface area contributed by atoms with Crippen molar-refractivity contribution >= 4 is 28.4 Å². The third-order valence-corrected chi connectivity index (χ3v) is 5.25. The maximum atomic E-state index is 13.3. The van der Waals surface area contributed by atoms with Crippen LogP contribution in [0.5, 0.6) is 0 Å². The molecule has 0 spiro atoms. The first-order valence-electron chi connectivity index (χ1n) is 9.49. The summed E-state index contributed by atoms with van der Waals surface area (Å²) in [6.07, 6.45) is 3.68. The quantitative estimate of drug-likeness (QED) is 0.726. The summed E-state index contributed by atoms with van der Waals surface area (Å²) in [6.45, 7) is 1.05. The van der Waals surface area contributed by atoms with Crippen LogP contribution in [0.4, 0.5) is 10.1 Å². The van der Waals surface area contributed by atoms with E-state index < -0.39 is 5.82 Å². The number of amides is 2. The molecule has 1 aliphatic heterocycles. The Morgan fingerprint density at radius 1 is 1.18 bits per heavy atom. The number of carbonyl (C=O) groups is 2. The van der Waals surface area contributed by atoms with Gasteiger partial charge in [0.1, 0.15) is 5.82 Å². The summed E-state index contributed by atoms with van der Waals surface area (Å²) < 4.78 is 13.3. The zero-order valence-electron chi connectivity index (χ0n) is 15.5. The number of H-pyrrole nitrogens is 1. The van der Waals surface area contributed by atoms with Crippen LogP contribution in [0.3, 0.4) is 0 Å². The van der Waals surface area contributed by atoms with Crippen LogP contribution in [-0.2, 0) is 16.0 Å². The van der Waals surface area contributed by atoms with E-state index in [4.69, 9.17) is 0 Å². The number of hydrogen-bond acceptors (Lipinski definition) is 2. The molecule has 1 saturated heterocycles. The zero-order chi connectivity index (χ0) is 19.5. The van der Waals surface area contributed by atoms with Crippen molar-refractivity contribution < 1.29 is 14.0 Å². The van der Waals surface area contributed by atoms with Crippen LogP contribution in [0.25, 0.3) is 10.9 Å². The molecule has 1 aromatic heterocycles. The number of aromatic nitrogens is 1. The van der Waals surface area contributed by atoms with E-state index in [1.54, 1.807) is 17.0 Å². The summed E-state index contributed by atoms with van der Waals surface area (Å²) in [6, 6.07) is 13.7. The monoisotopic (exact) mass is 379 g/mol. The van der Waals surface area contributed by atoms with Gasteiger partial charge in [0.2, 0.25) is 11.8 Å². The molecule has 1 fully saturated rings. The Kier molecular flexibility index (Phi) is 5.10. The Morgan fingerprint density at radius 3 is 2.89 bits per heavy atom. The lowest BCUT2D eigenvalue weighted by molar-refractivity contribution is -0.133. The lowest BCUT2D eigenvalue weighted by Crippen LogP contribution is -2.44. The molecular weight excluding hydrogens is 357 g/mol. The van der Waals surface area contributed by atoms with Crippen molar-refractivity contribution in [2.24, 2.45) is 5.92 Å². The number of nitrogens with one attached hydrogen (secondary N) is 2. The minimum Gasteiger partial charge on any atom is -0.361 e. The second kappa shape index (κ2) is 7.84. The van der Waals surface area contributed by atoms with Gasteiger partial charge in [0.05, 0.1) is 12.3 Å². The SMILES string of the molecule is O=C(Nc1cccc(F)c1)[C@@H]1CCCN(C(=O)Cc2c[nH]c3ccccc23)C1. The highest BCUT2D eigenvalue weighted by molar-refractivity contribution is 5.93. The van der Waals surface area contributed by atoms with Crippen LogP contribution in [0.15, 0.2) is 54.7 Å². The summed E-state index contributed by atoms with van der Waals surface area (Å²) in [5, 5.41) is 3.81. The predicted molar refractivity (Wildman–Crippen MR) is 106 cm³/mol. The van der Waals surface area contributed by atoms with Crippen molar-refractivity contribution in [3.8, 4) is 0 Å². The molecule has 2 aromatic carbocycles.